The highest BCUT2D eigenvalue weighted by Gasteiger charge is 2.17. The van der Waals surface area contributed by atoms with E-state index in [1.165, 1.54) is 24.3 Å². The minimum absolute atomic E-state index is 0.155. The summed E-state index contributed by atoms with van der Waals surface area (Å²) < 4.78 is 24.9. The van der Waals surface area contributed by atoms with Crippen molar-refractivity contribution in [3.63, 3.8) is 0 Å². The van der Waals surface area contributed by atoms with Crippen LogP contribution in [-0.4, -0.2) is 32.1 Å². The van der Waals surface area contributed by atoms with E-state index in [1.54, 1.807) is 4.72 Å². The molecule has 0 radical (unpaired) electrons. The van der Waals surface area contributed by atoms with E-state index in [9.17, 15) is 18.0 Å². The minimum atomic E-state index is -4.04. The SMILES string of the molecule is O=C(O)CNC(=O)NS(=O)(=O)c1ccc(Cl)cc1. The second kappa shape index (κ2) is 5.69. The number of carboxylic acid groups (broad SMARTS) is 1. The fourth-order valence-electron chi connectivity index (χ4n) is 0.987. The van der Waals surface area contributed by atoms with Gasteiger partial charge in [0.15, 0.2) is 0 Å². The van der Waals surface area contributed by atoms with Gasteiger partial charge in [-0.15, -0.1) is 0 Å². The van der Waals surface area contributed by atoms with Gasteiger partial charge in [-0.25, -0.2) is 17.9 Å². The Hall–Kier alpha value is -1.80. The average Bonchev–Trinajstić information content (AvgIpc) is 2.26. The van der Waals surface area contributed by atoms with Gasteiger partial charge in [0.25, 0.3) is 10.0 Å². The Morgan fingerprint density at radius 1 is 1.22 bits per heavy atom. The maximum Gasteiger partial charge on any atom is 0.329 e. The molecule has 2 amide bonds. The van der Waals surface area contributed by atoms with Crippen molar-refractivity contribution in [2.75, 3.05) is 6.54 Å². The van der Waals surface area contributed by atoms with Crippen LogP contribution in [0.3, 0.4) is 0 Å². The van der Waals surface area contributed by atoms with Crippen LogP contribution in [0.2, 0.25) is 5.02 Å². The Bertz CT molecular complexity index is 555. The van der Waals surface area contributed by atoms with Crippen LogP contribution in [0.4, 0.5) is 4.79 Å². The lowest BCUT2D eigenvalue weighted by Gasteiger charge is -2.07. The van der Waals surface area contributed by atoms with Crippen LogP contribution in [0.1, 0.15) is 0 Å². The number of sulfonamides is 1. The van der Waals surface area contributed by atoms with E-state index in [-0.39, 0.29) is 4.90 Å². The van der Waals surface area contributed by atoms with Crippen molar-refractivity contribution in [1.29, 1.82) is 0 Å². The highest BCUT2D eigenvalue weighted by molar-refractivity contribution is 7.90. The van der Waals surface area contributed by atoms with Gasteiger partial charge in [-0.2, -0.15) is 0 Å². The zero-order valence-corrected chi connectivity index (χ0v) is 10.5. The first kappa shape index (κ1) is 14.3. The van der Waals surface area contributed by atoms with Gasteiger partial charge in [0.2, 0.25) is 0 Å². The van der Waals surface area contributed by atoms with Gasteiger partial charge in [0, 0.05) is 5.02 Å². The monoisotopic (exact) mass is 292 g/mol. The van der Waals surface area contributed by atoms with Crippen LogP contribution in [0, 0.1) is 0 Å². The summed E-state index contributed by atoms with van der Waals surface area (Å²) in [5.41, 5.74) is 0. The maximum absolute atomic E-state index is 11.6. The van der Waals surface area contributed by atoms with E-state index in [2.05, 4.69) is 0 Å². The topological polar surface area (TPSA) is 113 Å². The Morgan fingerprint density at radius 3 is 2.28 bits per heavy atom. The summed E-state index contributed by atoms with van der Waals surface area (Å²) in [6.45, 7) is -0.679. The summed E-state index contributed by atoms with van der Waals surface area (Å²) >= 11 is 5.59. The molecule has 0 aliphatic heterocycles. The third kappa shape index (κ3) is 4.22. The fraction of sp³-hybridized carbons (Fsp3) is 0.111. The third-order valence-electron chi connectivity index (χ3n) is 1.75. The lowest BCUT2D eigenvalue weighted by molar-refractivity contribution is -0.135. The Kier molecular flexibility index (Phi) is 4.51. The molecule has 0 atom stereocenters. The molecular formula is C9H9ClN2O5S. The van der Waals surface area contributed by atoms with Gasteiger partial charge < -0.3 is 10.4 Å². The zero-order chi connectivity index (χ0) is 13.8. The number of amides is 2. The first-order chi connectivity index (χ1) is 8.31. The van der Waals surface area contributed by atoms with E-state index < -0.39 is 28.6 Å². The maximum atomic E-state index is 11.6. The molecule has 98 valence electrons. The average molecular weight is 293 g/mol. The molecule has 0 saturated heterocycles. The Labute approximate surface area is 108 Å². The second-order valence-electron chi connectivity index (χ2n) is 3.14. The number of urea groups is 1. The predicted octanol–water partition coefficient (Wildman–Crippen LogP) is 0.412. The van der Waals surface area contributed by atoms with Crippen molar-refractivity contribution in [2.24, 2.45) is 0 Å². The molecule has 0 spiro atoms. The second-order valence-corrected chi connectivity index (χ2v) is 5.25. The number of carboxylic acids is 1. The molecule has 7 nitrogen and oxygen atoms in total. The third-order valence-corrected chi connectivity index (χ3v) is 3.35. The highest BCUT2D eigenvalue weighted by atomic mass is 35.5. The molecule has 0 unspecified atom stereocenters. The molecular weight excluding hydrogens is 284 g/mol. The van der Waals surface area contributed by atoms with Crippen molar-refractivity contribution in [1.82, 2.24) is 10.0 Å². The number of hydrogen-bond donors (Lipinski definition) is 3. The molecule has 0 saturated carbocycles. The molecule has 0 aromatic heterocycles. The van der Waals surface area contributed by atoms with Crippen molar-refractivity contribution in [3.8, 4) is 0 Å². The Balaban J connectivity index is 2.73. The Morgan fingerprint density at radius 2 is 1.78 bits per heavy atom. The number of aliphatic carboxylic acids is 1. The minimum Gasteiger partial charge on any atom is -0.480 e. The molecule has 0 bridgehead atoms. The number of nitrogens with one attached hydrogen (secondary N) is 2. The smallest absolute Gasteiger partial charge is 0.329 e. The molecule has 0 heterocycles. The summed E-state index contributed by atoms with van der Waals surface area (Å²) in [6.07, 6.45) is 0. The molecule has 1 aromatic carbocycles. The molecule has 18 heavy (non-hydrogen) atoms. The van der Waals surface area contributed by atoms with Crippen LogP contribution >= 0.6 is 11.6 Å². The largest absolute Gasteiger partial charge is 0.480 e. The van der Waals surface area contributed by atoms with Crippen LogP contribution in [0.25, 0.3) is 0 Å². The van der Waals surface area contributed by atoms with Gasteiger partial charge >= 0.3 is 12.0 Å². The molecule has 0 aliphatic carbocycles. The van der Waals surface area contributed by atoms with Gasteiger partial charge in [-0.3, -0.25) is 4.79 Å². The lowest BCUT2D eigenvalue weighted by atomic mass is 10.4. The quantitative estimate of drug-likeness (QED) is 0.744. The van der Waals surface area contributed by atoms with Crippen LogP contribution in [-0.2, 0) is 14.8 Å². The molecule has 0 aliphatic rings. The number of hydrogen-bond acceptors (Lipinski definition) is 4. The molecule has 3 N–H and O–H groups in total. The summed E-state index contributed by atoms with van der Waals surface area (Å²) in [5.74, 6) is -1.28. The number of rotatable bonds is 4. The first-order valence-electron chi connectivity index (χ1n) is 4.59. The van der Waals surface area contributed by atoms with E-state index in [4.69, 9.17) is 16.7 Å². The predicted molar refractivity (Wildman–Crippen MR) is 62.8 cm³/mol. The number of carbonyl (C=O) groups excluding carboxylic acids is 1. The highest BCUT2D eigenvalue weighted by Crippen LogP contribution is 2.13. The van der Waals surface area contributed by atoms with E-state index in [0.717, 1.165) is 0 Å². The number of halogens is 1. The van der Waals surface area contributed by atoms with Crippen LogP contribution in [0.5, 0.6) is 0 Å². The van der Waals surface area contributed by atoms with Crippen molar-refractivity contribution in [2.45, 2.75) is 4.90 Å². The van der Waals surface area contributed by atoms with Gasteiger partial charge in [-0.1, -0.05) is 11.6 Å². The fourth-order valence-corrected chi connectivity index (χ4v) is 2.04. The zero-order valence-electron chi connectivity index (χ0n) is 8.88. The summed E-state index contributed by atoms with van der Waals surface area (Å²) in [5, 5.41) is 10.5. The molecule has 0 fully saturated rings. The first-order valence-corrected chi connectivity index (χ1v) is 6.45. The van der Waals surface area contributed by atoms with Gasteiger partial charge in [-0.05, 0) is 24.3 Å². The summed E-state index contributed by atoms with van der Waals surface area (Å²) in [6, 6.07) is 4.02. The lowest BCUT2D eigenvalue weighted by Crippen LogP contribution is -2.41. The van der Waals surface area contributed by atoms with E-state index in [0.29, 0.717) is 5.02 Å². The van der Waals surface area contributed by atoms with Crippen molar-refractivity contribution < 1.29 is 23.1 Å². The number of carbonyl (C=O) groups is 2. The van der Waals surface area contributed by atoms with E-state index in [1.807, 2.05) is 5.32 Å². The molecule has 1 aromatic rings. The molecule has 9 heteroatoms. The molecule has 1 rings (SSSR count). The number of benzene rings is 1. The normalized spacial score (nSPS) is 10.7. The van der Waals surface area contributed by atoms with Crippen molar-refractivity contribution >= 4 is 33.6 Å². The van der Waals surface area contributed by atoms with E-state index >= 15 is 0 Å². The van der Waals surface area contributed by atoms with Gasteiger partial charge in [0.1, 0.15) is 6.54 Å². The van der Waals surface area contributed by atoms with Gasteiger partial charge in [0.05, 0.1) is 4.90 Å². The van der Waals surface area contributed by atoms with Crippen molar-refractivity contribution in [3.05, 3.63) is 29.3 Å². The standard InChI is InChI=1S/C9H9ClN2O5S/c10-6-1-3-7(4-2-6)18(16,17)12-9(15)11-5-8(13)14/h1-4H,5H2,(H,13,14)(H2,11,12,15). The summed E-state index contributed by atoms with van der Waals surface area (Å²) in [4.78, 5) is 21.1. The van der Waals surface area contributed by atoms with Crippen LogP contribution in [0.15, 0.2) is 29.2 Å². The summed E-state index contributed by atoms with van der Waals surface area (Å²) in [7, 11) is -4.04. The van der Waals surface area contributed by atoms with Crippen LogP contribution < -0.4 is 10.0 Å².